The lowest BCUT2D eigenvalue weighted by molar-refractivity contribution is -0.161. The molecular formula is C43H75O9P. The number of ether oxygens (including phenoxy) is 2. The number of hydrogen-bond acceptors (Lipinski definition) is 7. The quantitative estimate of drug-likeness (QED) is 0.0187. The lowest BCUT2D eigenvalue weighted by atomic mass is 10.0. The molecule has 0 radical (unpaired) electrons. The average molecular weight is 767 g/mol. The number of unbranched alkanes of at least 4 members (excludes halogenated alkanes) is 14. The first kappa shape index (κ1) is 50.7. The van der Waals surface area contributed by atoms with E-state index in [0.717, 1.165) is 44.4 Å². The van der Waals surface area contributed by atoms with Crippen LogP contribution in [0, 0.1) is 5.92 Å². The monoisotopic (exact) mass is 767 g/mol. The summed E-state index contributed by atoms with van der Waals surface area (Å²) in [4.78, 5) is 42.8. The summed E-state index contributed by atoms with van der Waals surface area (Å²) in [6.45, 7) is 5.73. The van der Waals surface area contributed by atoms with Crippen molar-refractivity contribution in [1.29, 1.82) is 0 Å². The lowest BCUT2D eigenvalue weighted by Crippen LogP contribution is -2.29. The third kappa shape index (κ3) is 40.7. The highest BCUT2D eigenvalue weighted by atomic mass is 31.2. The van der Waals surface area contributed by atoms with Gasteiger partial charge in [0.05, 0.1) is 12.7 Å². The molecule has 1 unspecified atom stereocenters. The summed E-state index contributed by atoms with van der Waals surface area (Å²) in [6.07, 6.45) is 41.5. The van der Waals surface area contributed by atoms with Crippen LogP contribution >= 0.6 is 7.82 Å². The van der Waals surface area contributed by atoms with E-state index in [2.05, 4.69) is 30.5 Å². The molecule has 9 nitrogen and oxygen atoms in total. The molecule has 0 rings (SSSR count). The second-order valence-electron chi connectivity index (χ2n) is 14.3. The first-order valence-electron chi connectivity index (χ1n) is 20.5. The number of rotatable bonds is 36. The van der Waals surface area contributed by atoms with Gasteiger partial charge in [0.25, 0.3) is 0 Å². The zero-order valence-corrected chi connectivity index (χ0v) is 34.3. The average Bonchev–Trinajstić information content (AvgIpc) is 3.11. The Labute approximate surface area is 322 Å². The van der Waals surface area contributed by atoms with Crippen LogP contribution in [0.2, 0.25) is 0 Å². The van der Waals surface area contributed by atoms with Gasteiger partial charge in [-0.3, -0.25) is 14.1 Å². The van der Waals surface area contributed by atoms with E-state index in [0.29, 0.717) is 25.7 Å². The topological polar surface area (TPSA) is 140 Å². The molecule has 2 atom stereocenters. The van der Waals surface area contributed by atoms with Crippen molar-refractivity contribution in [2.24, 2.45) is 5.92 Å². The molecule has 0 aliphatic carbocycles. The Kier molecular flexibility index (Phi) is 35.1. The van der Waals surface area contributed by atoms with Crippen LogP contribution in [0.25, 0.3) is 0 Å². The van der Waals surface area contributed by atoms with Crippen molar-refractivity contribution < 1.29 is 43.0 Å². The number of aliphatic hydroxyl groups excluding tert-OH is 1. The molecule has 10 heteroatoms. The van der Waals surface area contributed by atoms with Gasteiger partial charge in [0.15, 0.2) is 6.10 Å². The van der Waals surface area contributed by atoms with Crippen LogP contribution in [0.1, 0.15) is 168 Å². The smallest absolute Gasteiger partial charge is 0.462 e. The Morgan fingerprint density at radius 2 is 1.17 bits per heavy atom. The minimum absolute atomic E-state index is 0.170. The van der Waals surface area contributed by atoms with Gasteiger partial charge in [-0.05, 0) is 50.9 Å². The van der Waals surface area contributed by atoms with Crippen LogP contribution in [0.15, 0.2) is 60.8 Å². The molecular weight excluding hydrogens is 691 g/mol. The van der Waals surface area contributed by atoms with Crippen LogP contribution in [0.3, 0.4) is 0 Å². The summed E-state index contributed by atoms with van der Waals surface area (Å²) in [6, 6.07) is 0. The van der Waals surface area contributed by atoms with Gasteiger partial charge in [-0.1, -0.05) is 171 Å². The number of allylic oxidation sites excluding steroid dienone is 8. The van der Waals surface area contributed by atoms with Crippen molar-refractivity contribution >= 4 is 19.8 Å². The van der Waals surface area contributed by atoms with E-state index in [-0.39, 0.29) is 19.4 Å². The molecule has 3 N–H and O–H groups in total. The van der Waals surface area contributed by atoms with Crippen molar-refractivity contribution in [3.8, 4) is 0 Å². The largest absolute Gasteiger partial charge is 0.469 e. The highest BCUT2D eigenvalue weighted by molar-refractivity contribution is 7.46. The number of hydrogen-bond donors (Lipinski definition) is 3. The molecule has 0 aromatic rings. The Bertz CT molecular complexity index is 1070. The van der Waals surface area contributed by atoms with Crippen LogP contribution in [-0.2, 0) is 28.2 Å². The Morgan fingerprint density at radius 1 is 0.642 bits per heavy atom. The summed E-state index contributed by atoms with van der Waals surface area (Å²) >= 11 is 0. The molecule has 0 bridgehead atoms. The number of phosphoric ester groups is 1. The zero-order chi connectivity index (χ0) is 39.3. The normalized spacial score (nSPS) is 13.8. The number of phosphoric acid groups is 1. The minimum Gasteiger partial charge on any atom is -0.462 e. The van der Waals surface area contributed by atoms with Crippen LogP contribution in [0.4, 0.5) is 0 Å². The molecule has 0 heterocycles. The Morgan fingerprint density at radius 3 is 1.75 bits per heavy atom. The van der Waals surface area contributed by atoms with Crippen molar-refractivity contribution in [3.05, 3.63) is 60.8 Å². The molecule has 0 fully saturated rings. The standard InChI is InChI=1S/C43H75O9P/c1-4-5-33-40(44)34-29-25-21-17-13-10-11-14-18-22-26-30-35-42(45)50-37-41(38-51-53(47,48)49)52-43(46)36-31-27-23-19-15-9-7-6-8-12-16-20-24-28-32-39(2)3/h5,10-11,17-18,21-22,25,29,33,39-41,44H,4,6-9,12-16,19-20,23-24,26-28,30-32,34-38H2,1-3H3,(H2,47,48,49)/b11-10-,21-17-,22-18-,29-25+,33-5-/t40?,41-/m1/s1. The van der Waals surface area contributed by atoms with Crippen LogP contribution in [-0.4, -0.2) is 52.3 Å². The molecule has 0 aliphatic rings. The molecule has 306 valence electrons. The number of carbonyl (C=O) groups excluding carboxylic acids is 2. The highest BCUT2D eigenvalue weighted by Crippen LogP contribution is 2.36. The van der Waals surface area contributed by atoms with E-state index in [1.807, 2.05) is 55.5 Å². The Balaban J connectivity index is 4.05. The summed E-state index contributed by atoms with van der Waals surface area (Å²) in [5.41, 5.74) is 0. The third-order valence-corrected chi connectivity index (χ3v) is 9.04. The van der Waals surface area contributed by atoms with Gasteiger partial charge in [-0.25, -0.2) is 4.57 Å². The van der Waals surface area contributed by atoms with Gasteiger partial charge >= 0.3 is 19.8 Å². The molecule has 0 aliphatic heterocycles. The Hall–Kier alpha value is -2.29. The number of esters is 2. The molecule has 0 spiro atoms. The van der Waals surface area contributed by atoms with Crippen LogP contribution in [0.5, 0.6) is 0 Å². The van der Waals surface area contributed by atoms with Crippen molar-refractivity contribution in [2.45, 2.75) is 181 Å². The summed E-state index contributed by atoms with van der Waals surface area (Å²) in [5.74, 6) is -0.154. The van der Waals surface area contributed by atoms with Gasteiger partial charge in [-0.15, -0.1) is 0 Å². The van der Waals surface area contributed by atoms with E-state index in [1.54, 1.807) is 0 Å². The van der Waals surface area contributed by atoms with Gasteiger partial charge in [0.2, 0.25) is 0 Å². The molecule has 0 saturated carbocycles. The third-order valence-electron chi connectivity index (χ3n) is 8.55. The molecule has 0 aromatic carbocycles. The first-order chi connectivity index (χ1) is 25.5. The van der Waals surface area contributed by atoms with Crippen molar-refractivity contribution in [1.82, 2.24) is 0 Å². The number of aliphatic hydroxyl groups is 1. The first-order valence-corrected chi connectivity index (χ1v) is 22.1. The number of carbonyl (C=O) groups is 2. The van der Waals surface area contributed by atoms with Gasteiger partial charge in [0, 0.05) is 12.8 Å². The molecule has 0 amide bonds. The maximum atomic E-state index is 12.4. The highest BCUT2D eigenvalue weighted by Gasteiger charge is 2.22. The summed E-state index contributed by atoms with van der Waals surface area (Å²) < 4.78 is 26.3. The predicted molar refractivity (Wildman–Crippen MR) is 217 cm³/mol. The fourth-order valence-electron chi connectivity index (χ4n) is 5.50. The zero-order valence-electron chi connectivity index (χ0n) is 33.4. The van der Waals surface area contributed by atoms with Crippen molar-refractivity contribution in [2.75, 3.05) is 13.2 Å². The molecule has 53 heavy (non-hydrogen) atoms. The van der Waals surface area contributed by atoms with E-state index < -0.39 is 38.6 Å². The predicted octanol–water partition coefficient (Wildman–Crippen LogP) is 11.3. The fourth-order valence-corrected chi connectivity index (χ4v) is 5.86. The SMILES string of the molecule is CC/C=C\C(O)C/C=C/C=C\C/C=C\C/C=C\CCCC(=O)OC[C@H](COP(=O)(O)O)OC(=O)CCCCCCCCCCCCCCCCC(C)C. The summed E-state index contributed by atoms with van der Waals surface area (Å²) in [5, 5.41) is 9.73. The second-order valence-corrected chi connectivity index (χ2v) is 15.5. The fraction of sp³-hybridized carbons (Fsp3) is 0.721. The van der Waals surface area contributed by atoms with Crippen molar-refractivity contribution in [3.63, 3.8) is 0 Å². The lowest BCUT2D eigenvalue weighted by Gasteiger charge is -2.18. The van der Waals surface area contributed by atoms with E-state index >= 15 is 0 Å². The van der Waals surface area contributed by atoms with Crippen LogP contribution < -0.4 is 0 Å². The van der Waals surface area contributed by atoms with Gasteiger partial charge in [-0.2, -0.15) is 0 Å². The van der Waals surface area contributed by atoms with E-state index in [4.69, 9.17) is 19.3 Å². The van der Waals surface area contributed by atoms with Gasteiger partial charge < -0.3 is 24.4 Å². The van der Waals surface area contributed by atoms with Gasteiger partial charge in [0.1, 0.15) is 6.61 Å². The summed E-state index contributed by atoms with van der Waals surface area (Å²) in [7, 11) is -4.78. The second kappa shape index (κ2) is 36.7. The minimum atomic E-state index is -4.78. The van der Waals surface area contributed by atoms with E-state index in [1.165, 1.54) is 70.6 Å². The van der Waals surface area contributed by atoms with E-state index in [9.17, 15) is 19.3 Å². The maximum Gasteiger partial charge on any atom is 0.469 e. The maximum absolute atomic E-state index is 12.4. The molecule has 0 aromatic heterocycles. The molecule has 0 saturated heterocycles.